The number of fused-ring (bicyclic) bond motifs is 1. The minimum atomic E-state index is 0.675. The molecule has 1 fully saturated rings. The maximum absolute atomic E-state index is 4.58. The second kappa shape index (κ2) is 3.09. The van der Waals surface area contributed by atoms with Crippen molar-refractivity contribution < 1.29 is 0 Å². The minimum absolute atomic E-state index is 0.675. The van der Waals surface area contributed by atoms with Gasteiger partial charge in [0.05, 0.1) is 0 Å². The molecule has 0 aliphatic carbocycles. The van der Waals surface area contributed by atoms with E-state index < -0.39 is 0 Å². The van der Waals surface area contributed by atoms with Crippen molar-refractivity contribution in [3.05, 3.63) is 17.7 Å². The Kier molecular flexibility index (Phi) is 1.87. The van der Waals surface area contributed by atoms with Gasteiger partial charge in [-0.05, 0) is 18.8 Å². The van der Waals surface area contributed by atoms with Crippen LogP contribution >= 0.6 is 0 Å². The van der Waals surface area contributed by atoms with E-state index in [0.29, 0.717) is 5.92 Å². The van der Waals surface area contributed by atoms with Gasteiger partial charge in [-0.2, -0.15) is 0 Å². The van der Waals surface area contributed by atoms with Gasteiger partial charge in [-0.1, -0.05) is 6.92 Å². The molecular weight excluding hydrogens is 174 g/mol. The Bertz CT molecular complexity index is 338. The molecule has 1 unspecified atom stereocenters. The first-order valence-electron chi connectivity index (χ1n) is 5.59. The number of hydrogen-bond acceptors (Lipinski definition) is 2. The first kappa shape index (κ1) is 8.48. The summed E-state index contributed by atoms with van der Waals surface area (Å²) < 4.78 is 2.46. The molecule has 3 rings (SSSR count). The van der Waals surface area contributed by atoms with Crippen molar-refractivity contribution in [2.24, 2.45) is 5.92 Å². The average molecular weight is 191 g/mol. The maximum atomic E-state index is 4.58. The van der Waals surface area contributed by atoms with Gasteiger partial charge >= 0.3 is 0 Å². The van der Waals surface area contributed by atoms with Crippen LogP contribution < -0.4 is 5.32 Å². The summed E-state index contributed by atoms with van der Waals surface area (Å²) in [7, 11) is 0. The quantitative estimate of drug-likeness (QED) is 0.721. The first-order chi connectivity index (χ1) is 6.84. The fourth-order valence-corrected chi connectivity index (χ4v) is 2.43. The number of rotatable bonds is 1. The molecule has 1 atom stereocenters. The van der Waals surface area contributed by atoms with Crippen LogP contribution in [-0.2, 0) is 13.0 Å². The topological polar surface area (TPSA) is 29.9 Å². The number of nitrogens with zero attached hydrogens (tertiary/aromatic N) is 2. The molecule has 0 radical (unpaired) electrons. The molecule has 1 saturated heterocycles. The molecule has 14 heavy (non-hydrogen) atoms. The lowest BCUT2D eigenvalue weighted by molar-refractivity contribution is 0.357. The van der Waals surface area contributed by atoms with Gasteiger partial charge in [0.2, 0.25) is 0 Å². The number of hydrogen-bond donors (Lipinski definition) is 1. The number of aryl methyl sites for hydroxylation is 1. The Morgan fingerprint density at radius 2 is 2.36 bits per heavy atom. The van der Waals surface area contributed by atoms with Crippen molar-refractivity contribution in [2.75, 3.05) is 13.1 Å². The highest BCUT2D eigenvalue weighted by Crippen LogP contribution is 2.26. The van der Waals surface area contributed by atoms with Crippen LogP contribution in [0.15, 0.2) is 6.20 Å². The van der Waals surface area contributed by atoms with Gasteiger partial charge in [0, 0.05) is 37.4 Å². The van der Waals surface area contributed by atoms with E-state index in [1.807, 2.05) is 0 Å². The molecule has 1 N–H and O–H groups in total. The van der Waals surface area contributed by atoms with E-state index in [4.69, 9.17) is 0 Å². The third-order valence-corrected chi connectivity index (χ3v) is 3.50. The van der Waals surface area contributed by atoms with Crippen molar-refractivity contribution in [1.82, 2.24) is 14.9 Å². The van der Waals surface area contributed by atoms with Crippen molar-refractivity contribution in [1.29, 1.82) is 0 Å². The minimum Gasteiger partial charge on any atom is -0.331 e. The highest BCUT2D eigenvalue weighted by Gasteiger charge is 2.27. The largest absolute Gasteiger partial charge is 0.331 e. The molecule has 3 heterocycles. The third kappa shape index (κ3) is 1.19. The van der Waals surface area contributed by atoms with Gasteiger partial charge in [0.25, 0.3) is 0 Å². The summed E-state index contributed by atoms with van der Waals surface area (Å²) in [6.45, 7) is 5.75. The molecule has 76 valence electrons. The predicted molar refractivity (Wildman–Crippen MR) is 55.3 cm³/mol. The van der Waals surface area contributed by atoms with Crippen molar-refractivity contribution in [3.63, 3.8) is 0 Å². The first-order valence-corrected chi connectivity index (χ1v) is 5.59. The zero-order chi connectivity index (χ0) is 9.54. The molecule has 0 amide bonds. The fraction of sp³-hybridized carbons (Fsp3) is 0.727. The molecule has 3 nitrogen and oxygen atoms in total. The SMILES string of the molecule is CC1CCc2cnc(C3CNC3)n2C1. The van der Waals surface area contributed by atoms with Crippen LogP contribution in [0.3, 0.4) is 0 Å². The molecule has 1 aromatic rings. The Hall–Kier alpha value is -0.830. The molecule has 0 aromatic carbocycles. The van der Waals surface area contributed by atoms with Gasteiger partial charge in [-0.15, -0.1) is 0 Å². The van der Waals surface area contributed by atoms with Crippen molar-refractivity contribution >= 4 is 0 Å². The lowest BCUT2D eigenvalue weighted by Gasteiger charge is -2.30. The normalized spacial score (nSPS) is 27.1. The Morgan fingerprint density at radius 3 is 3.07 bits per heavy atom. The summed E-state index contributed by atoms with van der Waals surface area (Å²) in [6.07, 6.45) is 4.63. The average Bonchev–Trinajstić information content (AvgIpc) is 2.46. The summed E-state index contributed by atoms with van der Waals surface area (Å²) in [5, 5.41) is 3.31. The van der Waals surface area contributed by atoms with E-state index in [1.165, 1.54) is 30.9 Å². The maximum Gasteiger partial charge on any atom is 0.114 e. The van der Waals surface area contributed by atoms with Gasteiger partial charge in [0.1, 0.15) is 5.82 Å². The second-order valence-corrected chi connectivity index (χ2v) is 4.72. The lowest BCUT2D eigenvalue weighted by atomic mass is 9.98. The zero-order valence-corrected chi connectivity index (χ0v) is 8.66. The molecule has 0 saturated carbocycles. The predicted octanol–water partition coefficient (Wildman–Crippen LogP) is 1.15. The summed E-state index contributed by atoms with van der Waals surface area (Å²) in [5.41, 5.74) is 1.45. The van der Waals surface area contributed by atoms with E-state index in [-0.39, 0.29) is 0 Å². The Balaban J connectivity index is 1.93. The smallest absolute Gasteiger partial charge is 0.114 e. The molecule has 3 heteroatoms. The summed E-state index contributed by atoms with van der Waals surface area (Å²) >= 11 is 0. The molecule has 0 spiro atoms. The molecule has 0 bridgehead atoms. The Labute approximate surface area is 84.5 Å². The zero-order valence-electron chi connectivity index (χ0n) is 8.66. The van der Waals surface area contributed by atoms with Gasteiger partial charge in [-0.25, -0.2) is 4.98 Å². The van der Waals surface area contributed by atoms with Crippen LogP contribution in [0.4, 0.5) is 0 Å². The second-order valence-electron chi connectivity index (χ2n) is 4.72. The highest BCUT2D eigenvalue weighted by atomic mass is 15.1. The van der Waals surface area contributed by atoms with Gasteiger partial charge in [0.15, 0.2) is 0 Å². The van der Waals surface area contributed by atoms with Crippen molar-refractivity contribution in [3.8, 4) is 0 Å². The number of nitrogens with one attached hydrogen (secondary N) is 1. The summed E-state index contributed by atoms with van der Waals surface area (Å²) in [5.74, 6) is 2.82. The van der Waals surface area contributed by atoms with Crippen LogP contribution in [0.1, 0.15) is 30.8 Å². The molecule has 1 aromatic heterocycles. The molecular formula is C11H17N3. The van der Waals surface area contributed by atoms with E-state index in [0.717, 1.165) is 19.0 Å². The van der Waals surface area contributed by atoms with Crippen molar-refractivity contribution in [2.45, 2.75) is 32.2 Å². The van der Waals surface area contributed by atoms with E-state index in [2.05, 4.69) is 28.0 Å². The molecule has 2 aliphatic rings. The van der Waals surface area contributed by atoms with Crippen LogP contribution in [0.5, 0.6) is 0 Å². The van der Waals surface area contributed by atoms with Crippen LogP contribution in [-0.4, -0.2) is 22.6 Å². The fourth-order valence-electron chi connectivity index (χ4n) is 2.43. The van der Waals surface area contributed by atoms with Crippen LogP contribution in [0, 0.1) is 5.92 Å². The summed E-state index contributed by atoms with van der Waals surface area (Å²) in [4.78, 5) is 4.58. The highest BCUT2D eigenvalue weighted by molar-refractivity contribution is 5.14. The molecule has 2 aliphatic heterocycles. The number of aromatic nitrogens is 2. The van der Waals surface area contributed by atoms with Crippen LogP contribution in [0.2, 0.25) is 0 Å². The monoisotopic (exact) mass is 191 g/mol. The van der Waals surface area contributed by atoms with E-state index in [9.17, 15) is 0 Å². The van der Waals surface area contributed by atoms with E-state index >= 15 is 0 Å². The standard InChI is InChI=1S/C11H17N3/c1-8-2-3-10-6-13-11(14(10)7-8)9-4-12-5-9/h6,8-9,12H,2-5,7H2,1H3. The third-order valence-electron chi connectivity index (χ3n) is 3.50. The van der Waals surface area contributed by atoms with E-state index in [1.54, 1.807) is 0 Å². The summed E-state index contributed by atoms with van der Waals surface area (Å²) in [6, 6.07) is 0. The van der Waals surface area contributed by atoms with Gasteiger partial charge in [-0.3, -0.25) is 0 Å². The van der Waals surface area contributed by atoms with Gasteiger partial charge < -0.3 is 9.88 Å². The lowest BCUT2D eigenvalue weighted by Crippen LogP contribution is -2.41. The number of imidazole rings is 1. The van der Waals surface area contributed by atoms with Crippen LogP contribution in [0.25, 0.3) is 0 Å². The Morgan fingerprint density at radius 1 is 1.50 bits per heavy atom.